The molecule has 0 aromatic heterocycles. The fourth-order valence-corrected chi connectivity index (χ4v) is 1.79. The fraction of sp³-hybridized carbons (Fsp3) is 0.357. The van der Waals surface area contributed by atoms with E-state index in [1.165, 1.54) is 12.1 Å². The Balaban J connectivity index is 2.89. The van der Waals surface area contributed by atoms with Crippen LogP contribution >= 0.6 is 0 Å². The Hall–Kier alpha value is -1.64. The van der Waals surface area contributed by atoms with Gasteiger partial charge in [0.1, 0.15) is 5.82 Å². The number of hydrogen-bond donors (Lipinski definition) is 1. The molecule has 1 rings (SSSR count). The molecule has 17 heavy (non-hydrogen) atoms. The summed E-state index contributed by atoms with van der Waals surface area (Å²) in [7, 11) is 0. The average molecular weight is 235 g/mol. The summed E-state index contributed by atoms with van der Waals surface area (Å²) in [4.78, 5) is 12.0. The summed E-state index contributed by atoms with van der Waals surface area (Å²) in [5.41, 5.74) is 0.836. The first kappa shape index (κ1) is 13.4. The van der Waals surface area contributed by atoms with E-state index in [0.717, 1.165) is 5.56 Å². The van der Waals surface area contributed by atoms with E-state index in [0.29, 0.717) is 6.54 Å². The van der Waals surface area contributed by atoms with Crippen molar-refractivity contribution < 1.29 is 9.18 Å². The maximum atomic E-state index is 12.8. The highest BCUT2D eigenvalue weighted by molar-refractivity contribution is 5.84. The Morgan fingerprint density at radius 2 is 2.00 bits per heavy atom. The van der Waals surface area contributed by atoms with Gasteiger partial charge in [-0.25, -0.2) is 4.39 Å². The lowest BCUT2D eigenvalue weighted by Gasteiger charge is -2.20. The molecule has 0 saturated carbocycles. The normalized spacial score (nSPS) is 12.2. The fourth-order valence-electron chi connectivity index (χ4n) is 1.79. The van der Waals surface area contributed by atoms with E-state index >= 15 is 0 Å². The second-order valence-corrected chi connectivity index (χ2v) is 4.31. The third-order valence-electron chi connectivity index (χ3n) is 2.60. The Bertz CT molecular complexity index is 384. The molecule has 0 saturated heterocycles. The molecule has 0 heterocycles. The molecule has 1 amide bonds. The molecule has 1 aromatic carbocycles. The van der Waals surface area contributed by atoms with Crippen LogP contribution in [0, 0.1) is 11.7 Å². The molecule has 1 N–H and O–H groups in total. The van der Waals surface area contributed by atoms with Crippen LogP contribution in [0.4, 0.5) is 4.39 Å². The third-order valence-corrected chi connectivity index (χ3v) is 2.60. The van der Waals surface area contributed by atoms with Gasteiger partial charge in [-0.2, -0.15) is 0 Å². The highest BCUT2D eigenvalue weighted by atomic mass is 19.1. The van der Waals surface area contributed by atoms with Crippen LogP contribution in [0.5, 0.6) is 0 Å². The maximum absolute atomic E-state index is 12.8. The number of benzene rings is 1. The lowest BCUT2D eigenvalue weighted by atomic mass is 9.87. The number of hydrogen-bond acceptors (Lipinski definition) is 1. The van der Waals surface area contributed by atoms with E-state index in [2.05, 4.69) is 11.9 Å². The summed E-state index contributed by atoms with van der Waals surface area (Å²) in [6.45, 7) is 7.95. The minimum atomic E-state index is -0.289. The highest BCUT2D eigenvalue weighted by Crippen LogP contribution is 2.24. The van der Waals surface area contributed by atoms with E-state index in [1.54, 1.807) is 18.2 Å². The quantitative estimate of drug-likeness (QED) is 0.781. The van der Waals surface area contributed by atoms with Gasteiger partial charge in [-0.3, -0.25) is 4.79 Å². The lowest BCUT2D eigenvalue weighted by molar-refractivity contribution is -0.123. The predicted molar refractivity (Wildman–Crippen MR) is 67.2 cm³/mol. The molecule has 1 atom stereocenters. The summed E-state index contributed by atoms with van der Waals surface area (Å²) in [6, 6.07) is 6.08. The van der Waals surface area contributed by atoms with Gasteiger partial charge in [0.15, 0.2) is 0 Å². The van der Waals surface area contributed by atoms with Gasteiger partial charge in [-0.1, -0.05) is 32.1 Å². The molecular formula is C14H18FNO. The first-order chi connectivity index (χ1) is 8.06. The summed E-state index contributed by atoms with van der Waals surface area (Å²) in [5, 5.41) is 2.78. The highest BCUT2D eigenvalue weighted by Gasteiger charge is 2.23. The molecular weight excluding hydrogens is 217 g/mol. The zero-order chi connectivity index (χ0) is 12.8. The molecule has 3 heteroatoms. The summed E-state index contributed by atoms with van der Waals surface area (Å²) in [5.74, 6) is -0.435. The molecule has 0 aliphatic heterocycles. The largest absolute Gasteiger partial charge is 0.352 e. The standard InChI is InChI=1S/C14H18FNO/c1-4-9-16-14(17)13(10(2)3)11-5-7-12(15)8-6-11/h4-8,10,13H,1,9H2,2-3H3,(H,16,17). The minimum absolute atomic E-state index is 0.0495. The van der Waals surface area contributed by atoms with Crippen molar-refractivity contribution >= 4 is 5.91 Å². The van der Waals surface area contributed by atoms with E-state index in [9.17, 15) is 9.18 Å². The first-order valence-electron chi connectivity index (χ1n) is 5.70. The van der Waals surface area contributed by atoms with Crippen LogP contribution in [0.1, 0.15) is 25.3 Å². The first-order valence-corrected chi connectivity index (χ1v) is 5.70. The van der Waals surface area contributed by atoms with Crippen LogP contribution in [-0.4, -0.2) is 12.5 Å². The minimum Gasteiger partial charge on any atom is -0.352 e. The Morgan fingerprint density at radius 1 is 1.41 bits per heavy atom. The van der Waals surface area contributed by atoms with Crippen LogP contribution in [-0.2, 0) is 4.79 Å². The number of halogens is 1. The monoisotopic (exact) mass is 235 g/mol. The van der Waals surface area contributed by atoms with Gasteiger partial charge in [-0.05, 0) is 23.6 Å². The lowest BCUT2D eigenvalue weighted by Crippen LogP contribution is -2.32. The van der Waals surface area contributed by atoms with Crippen LogP contribution in [0.25, 0.3) is 0 Å². The van der Waals surface area contributed by atoms with Gasteiger partial charge in [0.2, 0.25) is 5.91 Å². The van der Waals surface area contributed by atoms with Crippen molar-refractivity contribution in [1.29, 1.82) is 0 Å². The zero-order valence-electron chi connectivity index (χ0n) is 10.2. The van der Waals surface area contributed by atoms with E-state index in [-0.39, 0.29) is 23.6 Å². The summed E-state index contributed by atoms with van der Waals surface area (Å²) >= 11 is 0. The van der Waals surface area contributed by atoms with Crippen molar-refractivity contribution in [2.75, 3.05) is 6.54 Å². The zero-order valence-corrected chi connectivity index (χ0v) is 10.2. The van der Waals surface area contributed by atoms with Crippen LogP contribution in [0.3, 0.4) is 0 Å². The molecule has 0 fully saturated rings. The van der Waals surface area contributed by atoms with Gasteiger partial charge >= 0.3 is 0 Å². The molecule has 1 aromatic rings. The molecule has 2 nitrogen and oxygen atoms in total. The number of carbonyl (C=O) groups is 1. The van der Waals surface area contributed by atoms with Crippen LogP contribution in [0.15, 0.2) is 36.9 Å². The average Bonchev–Trinajstić information content (AvgIpc) is 2.29. The molecule has 92 valence electrons. The molecule has 0 bridgehead atoms. The van der Waals surface area contributed by atoms with Crippen LogP contribution < -0.4 is 5.32 Å². The van der Waals surface area contributed by atoms with Crippen molar-refractivity contribution in [3.05, 3.63) is 48.3 Å². The van der Waals surface area contributed by atoms with Gasteiger partial charge in [0, 0.05) is 6.54 Å². The molecule has 0 radical (unpaired) electrons. The Morgan fingerprint density at radius 3 is 2.47 bits per heavy atom. The number of nitrogens with one attached hydrogen (secondary N) is 1. The van der Waals surface area contributed by atoms with Crippen molar-refractivity contribution in [2.24, 2.45) is 5.92 Å². The van der Waals surface area contributed by atoms with Gasteiger partial charge in [-0.15, -0.1) is 6.58 Å². The Labute approximate surface area is 102 Å². The third kappa shape index (κ3) is 3.70. The summed E-state index contributed by atoms with van der Waals surface area (Å²) in [6.07, 6.45) is 1.64. The predicted octanol–water partition coefficient (Wildman–Crippen LogP) is 2.87. The van der Waals surface area contributed by atoms with Crippen molar-refractivity contribution in [3.8, 4) is 0 Å². The molecule has 1 unspecified atom stereocenters. The van der Waals surface area contributed by atoms with Crippen molar-refractivity contribution in [3.63, 3.8) is 0 Å². The molecule has 0 aliphatic rings. The number of amides is 1. The topological polar surface area (TPSA) is 29.1 Å². The second-order valence-electron chi connectivity index (χ2n) is 4.31. The van der Waals surface area contributed by atoms with Gasteiger partial charge in [0.05, 0.1) is 5.92 Å². The number of rotatable bonds is 5. The van der Waals surface area contributed by atoms with E-state index < -0.39 is 0 Å². The van der Waals surface area contributed by atoms with E-state index in [1.807, 2.05) is 13.8 Å². The van der Waals surface area contributed by atoms with Crippen molar-refractivity contribution in [1.82, 2.24) is 5.32 Å². The molecule has 0 aliphatic carbocycles. The van der Waals surface area contributed by atoms with Gasteiger partial charge in [0.25, 0.3) is 0 Å². The molecule has 0 spiro atoms. The Kier molecular flexibility index (Phi) is 4.88. The second kappa shape index (κ2) is 6.18. The van der Waals surface area contributed by atoms with E-state index in [4.69, 9.17) is 0 Å². The number of carbonyl (C=O) groups excluding carboxylic acids is 1. The maximum Gasteiger partial charge on any atom is 0.228 e. The summed E-state index contributed by atoms with van der Waals surface area (Å²) < 4.78 is 12.8. The van der Waals surface area contributed by atoms with Crippen LogP contribution in [0.2, 0.25) is 0 Å². The smallest absolute Gasteiger partial charge is 0.228 e. The SMILES string of the molecule is C=CCNC(=O)C(c1ccc(F)cc1)C(C)C. The van der Waals surface area contributed by atoms with Crippen molar-refractivity contribution in [2.45, 2.75) is 19.8 Å². The van der Waals surface area contributed by atoms with Gasteiger partial charge < -0.3 is 5.32 Å².